The van der Waals surface area contributed by atoms with Gasteiger partial charge < -0.3 is 4.74 Å². The molecule has 4 heteroatoms. The van der Waals surface area contributed by atoms with E-state index >= 15 is 0 Å². The first kappa shape index (κ1) is 14.5. The van der Waals surface area contributed by atoms with E-state index in [4.69, 9.17) is 4.74 Å². The lowest BCUT2D eigenvalue weighted by Gasteiger charge is -2.06. The van der Waals surface area contributed by atoms with Gasteiger partial charge in [0, 0.05) is 15.6 Å². The van der Waals surface area contributed by atoms with Crippen molar-refractivity contribution in [1.82, 2.24) is 0 Å². The summed E-state index contributed by atoms with van der Waals surface area (Å²) >= 11 is 5.65. The van der Waals surface area contributed by atoms with Crippen molar-refractivity contribution in [2.75, 3.05) is 7.11 Å². The average Bonchev–Trinajstić information content (AvgIpc) is 2.39. The lowest BCUT2D eigenvalue weighted by atomic mass is 10.0. The van der Waals surface area contributed by atoms with Crippen molar-refractivity contribution >= 4 is 44.3 Å². The van der Waals surface area contributed by atoms with E-state index in [0.29, 0.717) is 6.42 Å². The molecule has 98 valence electrons. The lowest BCUT2D eigenvalue weighted by Crippen LogP contribution is -2.03. The molecule has 0 spiro atoms. The minimum Gasteiger partial charge on any atom is -0.496 e. The van der Waals surface area contributed by atoms with E-state index in [1.54, 1.807) is 7.11 Å². The number of carbonyl (C=O) groups is 1. The second-order valence-electron chi connectivity index (χ2n) is 4.08. The second kappa shape index (κ2) is 6.52. The Morgan fingerprint density at radius 2 is 1.89 bits per heavy atom. The molecule has 0 amide bonds. The largest absolute Gasteiger partial charge is 0.496 e. The summed E-state index contributed by atoms with van der Waals surface area (Å²) < 4.78 is 7.16. The molecule has 2 nitrogen and oxygen atoms in total. The summed E-state index contributed by atoms with van der Waals surface area (Å²) in [6.45, 7) is 0. The van der Waals surface area contributed by atoms with Gasteiger partial charge in [-0.2, -0.15) is 0 Å². The van der Waals surface area contributed by atoms with Crippen LogP contribution in [-0.4, -0.2) is 12.9 Å². The van der Waals surface area contributed by atoms with Crippen molar-refractivity contribution in [3.63, 3.8) is 0 Å². The van der Waals surface area contributed by atoms with Crippen LogP contribution in [0, 0.1) is 3.57 Å². The fourth-order valence-corrected chi connectivity index (χ4v) is 2.69. The molecule has 0 heterocycles. The Labute approximate surface area is 134 Å². The quantitative estimate of drug-likeness (QED) is 0.527. The number of benzene rings is 2. The van der Waals surface area contributed by atoms with E-state index in [1.165, 1.54) is 0 Å². The Hall–Kier alpha value is -0.880. The van der Waals surface area contributed by atoms with E-state index < -0.39 is 0 Å². The van der Waals surface area contributed by atoms with Crippen LogP contribution in [0.2, 0.25) is 0 Å². The van der Waals surface area contributed by atoms with E-state index in [9.17, 15) is 4.79 Å². The standard InChI is InChI=1S/C15H12BrIO2/c1-19-15-7-2-10(8-13(15)16)9-14(18)11-3-5-12(17)6-4-11/h2-8H,9H2,1H3. The van der Waals surface area contributed by atoms with Gasteiger partial charge in [-0.05, 0) is 68.3 Å². The third-order valence-corrected chi connectivity index (χ3v) is 4.09. The normalized spacial score (nSPS) is 10.3. The molecule has 0 N–H and O–H groups in total. The molecular formula is C15H12BrIO2. The molecule has 0 aromatic heterocycles. The number of ketones is 1. The first-order chi connectivity index (χ1) is 9.10. The van der Waals surface area contributed by atoms with Crippen LogP contribution in [0.25, 0.3) is 0 Å². The van der Waals surface area contributed by atoms with Gasteiger partial charge >= 0.3 is 0 Å². The van der Waals surface area contributed by atoms with Crippen LogP contribution in [0.1, 0.15) is 15.9 Å². The third-order valence-electron chi connectivity index (χ3n) is 2.75. The van der Waals surface area contributed by atoms with Crippen LogP contribution in [-0.2, 0) is 6.42 Å². The monoisotopic (exact) mass is 430 g/mol. The van der Waals surface area contributed by atoms with Gasteiger partial charge in [0.2, 0.25) is 0 Å². The van der Waals surface area contributed by atoms with Crippen LogP contribution in [0.3, 0.4) is 0 Å². The van der Waals surface area contributed by atoms with Gasteiger partial charge in [-0.3, -0.25) is 4.79 Å². The minimum atomic E-state index is 0.119. The summed E-state index contributed by atoms with van der Waals surface area (Å²) in [4.78, 5) is 12.1. The summed E-state index contributed by atoms with van der Waals surface area (Å²) in [5.74, 6) is 0.888. The van der Waals surface area contributed by atoms with Gasteiger partial charge in [0.25, 0.3) is 0 Å². The van der Waals surface area contributed by atoms with Gasteiger partial charge in [0.1, 0.15) is 5.75 Å². The predicted octanol–water partition coefficient (Wildman–Crippen LogP) is 4.49. The minimum absolute atomic E-state index is 0.119. The maximum Gasteiger partial charge on any atom is 0.167 e. The fourth-order valence-electron chi connectivity index (χ4n) is 1.74. The fraction of sp³-hybridized carbons (Fsp3) is 0.133. The zero-order valence-corrected chi connectivity index (χ0v) is 14.1. The molecule has 0 aliphatic carbocycles. The van der Waals surface area contributed by atoms with Crippen molar-refractivity contribution in [3.05, 3.63) is 61.6 Å². The molecule has 2 aromatic carbocycles. The third kappa shape index (κ3) is 3.79. The highest BCUT2D eigenvalue weighted by Crippen LogP contribution is 2.26. The Morgan fingerprint density at radius 3 is 2.47 bits per heavy atom. The molecule has 2 aromatic rings. The summed E-state index contributed by atoms with van der Waals surface area (Å²) in [6.07, 6.45) is 0.392. The van der Waals surface area contributed by atoms with Crippen molar-refractivity contribution < 1.29 is 9.53 Å². The van der Waals surface area contributed by atoms with Crippen LogP contribution in [0.4, 0.5) is 0 Å². The average molecular weight is 431 g/mol. The van der Waals surface area contributed by atoms with Crippen molar-refractivity contribution in [2.24, 2.45) is 0 Å². The van der Waals surface area contributed by atoms with Gasteiger partial charge in [0.05, 0.1) is 11.6 Å². The summed E-state index contributed by atoms with van der Waals surface area (Å²) in [5.41, 5.74) is 1.71. The molecule has 2 rings (SSSR count). The van der Waals surface area contributed by atoms with Crippen LogP contribution in [0.15, 0.2) is 46.9 Å². The number of hydrogen-bond acceptors (Lipinski definition) is 2. The number of hydrogen-bond donors (Lipinski definition) is 0. The lowest BCUT2D eigenvalue weighted by molar-refractivity contribution is 0.0993. The molecule has 0 atom stereocenters. The smallest absolute Gasteiger partial charge is 0.167 e. The van der Waals surface area contributed by atoms with Crippen molar-refractivity contribution in [3.8, 4) is 5.75 Å². The van der Waals surface area contributed by atoms with E-state index in [1.807, 2.05) is 42.5 Å². The number of ether oxygens (including phenoxy) is 1. The Bertz CT molecular complexity index is 594. The number of methoxy groups -OCH3 is 1. The van der Waals surface area contributed by atoms with Crippen LogP contribution >= 0.6 is 38.5 Å². The molecule has 0 bridgehead atoms. The van der Waals surface area contributed by atoms with E-state index in [0.717, 1.165) is 24.9 Å². The number of carbonyl (C=O) groups excluding carboxylic acids is 1. The Kier molecular flexibility index (Phi) is 4.99. The first-order valence-corrected chi connectivity index (χ1v) is 7.58. The molecule has 19 heavy (non-hydrogen) atoms. The van der Waals surface area contributed by atoms with Gasteiger partial charge in [-0.25, -0.2) is 0 Å². The Balaban J connectivity index is 2.14. The van der Waals surface area contributed by atoms with Gasteiger partial charge in [-0.1, -0.05) is 18.2 Å². The van der Waals surface area contributed by atoms with E-state index in [-0.39, 0.29) is 5.78 Å². The van der Waals surface area contributed by atoms with Crippen LogP contribution in [0.5, 0.6) is 5.75 Å². The number of halogens is 2. The molecule has 0 saturated heterocycles. The molecule has 0 unspecified atom stereocenters. The SMILES string of the molecule is COc1ccc(CC(=O)c2ccc(I)cc2)cc1Br. The summed E-state index contributed by atoms with van der Waals surface area (Å²) in [7, 11) is 1.62. The molecule has 0 saturated carbocycles. The van der Waals surface area contributed by atoms with Gasteiger partial charge in [0.15, 0.2) is 5.78 Å². The maximum atomic E-state index is 12.1. The highest BCUT2D eigenvalue weighted by atomic mass is 127. The van der Waals surface area contributed by atoms with E-state index in [2.05, 4.69) is 38.5 Å². The molecule has 0 aliphatic heterocycles. The topological polar surface area (TPSA) is 26.3 Å². The maximum absolute atomic E-state index is 12.1. The first-order valence-electron chi connectivity index (χ1n) is 5.71. The number of rotatable bonds is 4. The zero-order chi connectivity index (χ0) is 13.8. The summed E-state index contributed by atoms with van der Waals surface area (Å²) in [6, 6.07) is 13.3. The number of Topliss-reactive ketones (excluding diaryl/α,β-unsaturated/α-hetero) is 1. The second-order valence-corrected chi connectivity index (χ2v) is 6.18. The summed E-state index contributed by atoms with van der Waals surface area (Å²) in [5, 5.41) is 0. The molecule has 0 fully saturated rings. The highest BCUT2D eigenvalue weighted by Gasteiger charge is 2.08. The molecule has 0 radical (unpaired) electrons. The van der Waals surface area contributed by atoms with Gasteiger partial charge in [-0.15, -0.1) is 0 Å². The molecule has 0 aliphatic rings. The zero-order valence-electron chi connectivity index (χ0n) is 10.3. The predicted molar refractivity (Wildman–Crippen MR) is 87.9 cm³/mol. The van der Waals surface area contributed by atoms with Crippen molar-refractivity contribution in [1.29, 1.82) is 0 Å². The van der Waals surface area contributed by atoms with Crippen molar-refractivity contribution in [2.45, 2.75) is 6.42 Å². The van der Waals surface area contributed by atoms with Crippen LogP contribution < -0.4 is 4.74 Å². The highest BCUT2D eigenvalue weighted by molar-refractivity contribution is 14.1. The molecular weight excluding hydrogens is 419 g/mol. The Morgan fingerprint density at radius 1 is 1.21 bits per heavy atom.